The zero-order chi connectivity index (χ0) is 3.41. The molecule has 2 nitrogen and oxygen atoms in total. The third-order valence-corrected chi connectivity index (χ3v) is 0.280. The molecule has 0 unspecified atom stereocenters. The molecule has 4 radical (unpaired) electrons. The Morgan fingerprint density at radius 3 is 2.25 bits per heavy atom. The first-order valence-electron chi connectivity index (χ1n) is 0.612. The van der Waals surface area contributed by atoms with Crippen LogP contribution < -0.4 is 0 Å². The standard InChI is InChI=1S/CO2.Sn/c2-1-3;/q-1;+1. The number of hydrogen-bond donors (Lipinski definition) is 0. The van der Waals surface area contributed by atoms with E-state index in [0.717, 1.165) is 22.9 Å². The van der Waals surface area contributed by atoms with Crippen LogP contribution >= 0.6 is 0 Å². The molecule has 0 aromatic heterocycles. The first-order chi connectivity index (χ1) is 1.91. The van der Waals surface area contributed by atoms with Gasteiger partial charge in [0.25, 0.3) is 0 Å². The van der Waals surface area contributed by atoms with E-state index in [1.165, 1.54) is 6.47 Å². The maximum absolute atomic E-state index is 8.85. The van der Waals surface area contributed by atoms with Crippen molar-refractivity contribution in [2.45, 2.75) is 0 Å². The van der Waals surface area contributed by atoms with Gasteiger partial charge in [-0.3, -0.25) is 0 Å². The number of rotatable bonds is 1. The van der Waals surface area contributed by atoms with Gasteiger partial charge >= 0.3 is 37.3 Å². The van der Waals surface area contributed by atoms with Crippen molar-refractivity contribution in [2.24, 2.45) is 0 Å². The Morgan fingerprint density at radius 1 is 2.00 bits per heavy atom. The van der Waals surface area contributed by atoms with Gasteiger partial charge in [-0.1, -0.05) is 0 Å². The average Bonchev–Trinajstić information content (AvgIpc) is 1.37. The van der Waals surface area contributed by atoms with Gasteiger partial charge in [-0.05, 0) is 0 Å². The summed E-state index contributed by atoms with van der Waals surface area (Å²) in [6, 6.07) is 0. The Balaban J connectivity index is 2.30. The predicted molar refractivity (Wildman–Crippen MR) is 12.5 cm³/mol. The molecule has 0 heterocycles. The SMILES string of the molecule is O=[C][O][Sn]. The van der Waals surface area contributed by atoms with E-state index < -0.39 is 0 Å². The molecule has 0 rings (SSSR count). The summed E-state index contributed by atoms with van der Waals surface area (Å²) in [4.78, 5) is 8.85. The molecule has 0 aliphatic heterocycles. The quantitative estimate of drug-likeness (QED) is 0.470. The van der Waals surface area contributed by atoms with Crippen molar-refractivity contribution in [1.82, 2.24) is 0 Å². The van der Waals surface area contributed by atoms with Crippen LogP contribution in [0.4, 0.5) is 0 Å². The van der Waals surface area contributed by atoms with Crippen molar-refractivity contribution < 1.29 is 7.87 Å². The van der Waals surface area contributed by atoms with E-state index in [1.54, 1.807) is 0 Å². The van der Waals surface area contributed by atoms with Crippen LogP contribution in [-0.2, 0) is 7.87 Å². The molecule has 0 saturated heterocycles. The van der Waals surface area contributed by atoms with Crippen LogP contribution in [0, 0.1) is 0 Å². The molecule has 20 valence electrons. The van der Waals surface area contributed by atoms with Crippen molar-refractivity contribution in [3.05, 3.63) is 0 Å². The fourth-order valence-corrected chi connectivity index (χ4v) is 0. The van der Waals surface area contributed by atoms with Crippen LogP contribution in [0.2, 0.25) is 0 Å². The molecular weight excluding hydrogens is 163 g/mol. The fourth-order valence-electron chi connectivity index (χ4n) is 0. The van der Waals surface area contributed by atoms with E-state index in [0.29, 0.717) is 0 Å². The predicted octanol–water partition coefficient (Wildman–Crippen LogP) is -0.846. The van der Waals surface area contributed by atoms with Crippen molar-refractivity contribution in [1.29, 1.82) is 0 Å². The third kappa shape index (κ3) is 2.27. The van der Waals surface area contributed by atoms with E-state index in [2.05, 4.69) is 3.07 Å². The first kappa shape index (κ1) is 4.27. The molecular formula is CO2Sn. The van der Waals surface area contributed by atoms with E-state index in [1.807, 2.05) is 0 Å². The molecule has 3 heteroatoms. The molecule has 0 aromatic carbocycles. The van der Waals surface area contributed by atoms with Crippen LogP contribution in [0.3, 0.4) is 0 Å². The molecule has 0 aromatic rings. The van der Waals surface area contributed by atoms with Gasteiger partial charge in [-0.2, -0.15) is 0 Å². The van der Waals surface area contributed by atoms with E-state index >= 15 is 0 Å². The van der Waals surface area contributed by atoms with Gasteiger partial charge in [0, 0.05) is 0 Å². The van der Waals surface area contributed by atoms with Gasteiger partial charge < -0.3 is 0 Å². The summed E-state index contributed by atoms with van der Waals surface area (Å²) >= 11 is 0.744. The molecule has 4 heavy (non-hydrogen) atoms. The molecule has 0 N–H and O–H groups in total. The van der Waals surface area contributed by atoms with E-state index in [9.17, 15) is 0 Å². The third-order valence-electron chi connectivity index (χ3n) is 0.0417. The van der Waals surface area contributed by atoms with Crippen LogP contribution in [-0.4, -0.2) is 29.4 Å². The zero-order valence-electron chi connectivity index (χ0n) is 1.82. The van der Waals surface area contributed by atoms with Crippen LogP contribution in [0.25, 0.3) is 0 Å². The Kier molecular flexibility index (Phi) is 3.49. The van der Waals surface area contributed by atoms with Crippen molar-refractivity contribution in [2.75, 3.05) is 0 Å². The molecule has 0 bridgehead atoms. The van der Waals surface area contributed by atoms with Crippen molar-refractivity contribution in [3.8, 4) is 0 Å². The monoisotopic (exact) mass is 164 g/mol. The van der Waals surface area contributed by atoms with E-state index in [-0.39, 0.29) is 0 Å². The second kappa shape index (κ2) is 3.27. The fraction of sp³-hybridized carbons (Fsp3) is 0. The summed E-state index contributed by atoms with van der Waals surface area (Å²) in [5.41, 5.74) is 0. The van der Waals surface area contributed by atoms with Crippen LogP contribution in [0.5, 0.6) is 0 Å². The molecule has 0 aliphatic carbocycles. The maximum atomic E-state index is 8.85. The van der Waals surface area contributed by atoms with Crippen LogP contribution in [0.15, 0.2) is 0 Å². The first-order valence-corrected chi connectivity index (χ1v) is 1.78. The second-order valence-corrected chi connectivity index (χ2v) is 0.768. The minimum atomic E-state index is 0.744. The Morgan fingerprint density at radius 2 is 2.25 bits per heavy atom. The summed E-state index contributed by atoms with van der Waals surface area (Å²) in [5.74, 6) is 0. The molecule has 0 aliphatic rings. The number of hydrogen-bond acceptors (Lipinski definition) is 2. The summed E-state index contributed by atoms with van der Waals surface area (Å²) in [6.45, 7) is 1.22. The average molecular weight is 163 g/mol. The summed E-state index contributed by atoms with van der Waals surface area (Å²) < 4.78 is 3.83. The van der Waals surface area contributed by atoms with Crippen LogP contribution in [0.1, 0.15) is 0 Å². The normalized spacial score (nSPS) is 5.25. The minimum absolute atomic E-state index is 0.744. The summed E-state index contributed by atoms with van der Waals surface area (Å²) in [5, 5.41) is 0. The summed E-state index contributed by atoms with van der Waals surface area (Å²) in [6.07, 6.45) is 0. The van der Waals surface area contributed by atoms with Gasteiger partial charge in [0.2, 0.25) is 0 Å². The van der Waals surface area contributed by atoms with Gasteiger partial charge in [0.15, 0.2) is 0 Å². The van der Waals surface area contributed by atoms with Gasteiger partial charge in [0.1, 0.15) is 0 Å². The van der Waals surface area contributed by atoms with Gasteiger partial charge in [-0.25, -0.2) is 0 Å². The molecule has 0 saturated carbocycles. The van der Waals surface area contributed by atoms with Gasteiger partial charge in [0.05, 0.1) is 0 Å². The second-order valence-electron chi connectivity index (χ2n) is 0.185. The Bertz CT molecular complexity index is 20.0. The Hall–Kier alpha value is 0.269. The number of carbonyl (C=O) groups excluding carboxylic acids is 1. The zero-order valence-corrected chi connectivity index (χ0v) is 4.67. The molecule has 0 fully saturated rings. The van der Waals surface area contributed by atoms with E-state index in [4.69, 9.17) is 4.79 Å². The van der Waals surface area contributed by atoms with Crippen molar-refractivity contribution >= 4 is 29.4 Å². The molecule has 0 amide bonds. The Labute approximate surface area is 37.8 Å². The van der Waals surface area contributed by atoms with Gasteiger partial charge in [-0.15, -0.1) is 0 Å². The topological polar surface area (TPSA) is 26.3 Å². The molecule has 0 atom stereocenters. The van der Waals surface area contributed by atoms with Crippen molar-refractivity contribution in [3.63, 3.8) is 0 Å². The summed E-state index contributed by atoms with van der Waals surface area (Å²) in [7, 11) is 0. The molecule has 0 spiro atoms.